The predicted molar refractivity (Wildman–Crippen MR) is 136 cm³/mol. The molecule has 2 unspecified atom stereocenters. The number of hydrogen-bond acceptors (Lipinski definition) is 8. The van der Waals surface area contributed by atoms with E-state index in [1.807, 2.05) is 30.3 Å². The zero-order valence-corrected chi connectivity index (χ0v) is 21.3. The number of amides is 2. The van der Waals surface area contributed by atoms with Gasteiger partial charge in [0, 0.05) is 13.1 Å². The van der Waals surface area contributed by atoms with Crippen LogP contribution in [0.2, 0.25) is 0 Å². The van der Waals surface area contributed by atoms with Crippen molar-refractivity contribution in [1.29, 1.82) is 5.41 Å². The summed E-state index contributed by atoms with van der Waals surface area (Å²) < 4.78 is 0. The maximum Gasteiger partial charge on any atom is 0.305 e. The number of carbonyl (C=O) groups excluding carboxylic acids is 2. The molecule has 2 amide bonds. The molecule has 2 saturated heterocycles. The predicted octanol–water partition coefficient (Wildman–Crippen LogP) is 0.150. The van der Waals surface area contributed by atoms with E-state index < -0.39 is 35.2 Å². The van der Waals surface area contributed by atoms with Gasteiger partial charge in [0.2, 0.25) is 0 Å². The molecule has 0 aliphatic carbocycles. The van der Waals surface area contributed by atoms with Crippen LogP contribution in [0.25, 0.3) is 0 Å². The lowest BCUT2D eigenvalue weighted by molar-refractivity contribution is -0.324. The standard InChI is InChI=1S/C27H34N4O7/c1-16(2)10-11-26(18-6-4-3-5-7-18)24(35)31(25(28)29-26)13-17-8-9-20(27(36,37)38)19(12-17)23(34)30-14-21(32)22(33)15-30/h3-9,12,16,21-22,32-33,36-38H,10-11,13-15H2,1-2H3,(H2,28,29)/t21?,22?,26-/m1/s1. The molecule has 204 valence electrons. The van der Waals surface area contributed by atoms with Crippen LogP contribution in [0.4, 0.5) is 0 Å². The van der Waals surface area contributed by atoms with E-state index in [2.05, 4.69) is 19.2 Å². The van der Waals surface area contributed by atoms with E-state index in [1.165, 1.54) is 17.0 Å². The highest BCUT2D eigenvalue weighted by Crippen LogP contribution is 2.35. The van der Waals surface area contributed by atoms with Crippen LogP contribution in [0, 0.1) is 11.3 Å². The summed E-state index contributed by atoms with van der Waals surface area (Å²) in [6.07, 6.45) is -1.10. The van der Waals surface area contributed by atoms with Crippen molar-refractivity contribution < 1.29 is 35.1 Å². The minimum atomic E-state index is -3.32. The number of nitrogens with one attached hydrogen (secondary N) is 2. The van der Waals surface area contributed by atoms with Crippen LogP contribution < -0.4 is 5.32 Å². The Hall–Kier alpha value is -3.35. The molecule has 11 heteroatoms. The zero-order valence-electron chi connectivity index (χ0n) is 21.3. The van der Waals surface area contributed by atoms with Crippen LogP contribution in [0.3, 0.4) is 0 Å². The third-order valence-corrected chi connectivity index (χ3v) is 7.14. The summed E-state index contributed by atoms with van der Waals surface area (Å²) in [6.45, 7) is 3.68. The van der Waals surface area contributed by atoms with Crippen molar-refractivity contribution in [2.45, 2.75) is 57.0 Å². The maximum absolute atomic E-state index is 13.9. The first-order valence-corrected chi connectivity index (χ1v) is 12.5. The van der Waals surface area contributed by atoms with E-state index >= 15 is 0 Å². The van der Waals surface area contributed by atoms with E-state index in [0.29, 0.717) is 17.9 Å². The smallest absolute Gasteiger partial charge is 0.305 e. The summed E-state index contributed by atoms with van der Waals surface area (Å²) in [5.74, 6) is -4.16. The first-order chi connectivity index (χ1) is 17.8. The molecule has 0 radical (unpaired) electrons. The Kier molecular flexibility index (Phi) is 7.60. The number of aliphatic hydroxyl groups excluding tert-OH is 2. The molecule has 2 aromatic rings. The highest BCUT2D eigenvalue weighted by Gasteiger charge is 2.50. The summed E-state index contributed by atoms with van der Waals surface area (Å²) in [6, 6.07) is 13.1. The number of likely N-dealkylation sites (tertiary alicyclic amines) is 1. The summed E-state index contributed by atoms with van der Waals surface area (Å²) in [7, 11) is 0. The monoisotopic (exact) mass is 526 g/mol. The van der Waals surface area contributed by atoms with Crippen molar-refractivity contribution in [3.8, 4) is 0 Å². The Balaban J connectivity index is 1.66. The summed E-state index contributed by atoms with van der Waals surface area (Å²) in [4.78, 5) is 29.5. The van der Waals surface area contributed by atoms with Gasteiger partial charge < -0.3 is 35.7 Å². The fourth-order valence-corrected chi connectivity index (χ4v) is 4.99. The Morgan fingerprint density at radius 1 is 1.11 bits per heavy atom. The number of rotatable bonds is 8. The molecule has 11 nitrogen and oxygen atoms in total. The highest BCUT2D eigenvalue weighted by molar-refractivity contribution is 6.08. The highest BCUT2D eigenvalue weighted by atomic mass is 16.7. The Bertz CT molecular complexity index is 1200. The number of hydrogen-bond donors (Lipinski definition) is 7. The number of carbonyl (C=O) groups is 2. The van der Waals surface area contributed by atoms with Gasteiger partial charge in [-0.2, -0.15) is 0 Å². The second-order valence-electron chi connectivity index (χ2n) is 10.4. The molecule has 7 N–H and O–H groups in total. The molecule has 2 aliphatic rings. The SMILES string of the molecule is CC(C)CC[C@]1(c2ccccc2)NC(=N)N(Cc2ccc(C(O)(O)O)c(C(=O)N3CC(O)C(O)C3)c2)C1=O. The Labute approximate surface area is 220 Å². The van der Waals surface area contributed by atoms with Crippen molar-refractivity contribution in [3.05, 3.63) is 70.8 Å². The zero-order chi connectivity index (χ0) is 27.8. The average Bonchev–Trinajstić information content (AvgIpc) is 3.33. The molecule has 2 aromatic carbocycles. The third kappa shape index (κ3) is 5.29. The normalized spacial score (nSPS) is 23.9. The van der Waals surface area contributed by atoms with E-state index in [0.717, 1.165) is 23.0 Å². The van der Waals surface area contributed by atoms with Gasteiger partial charge >= 0.3 is 5.97 Å². The van der Waals surface area contributed by atoms with Crippen molar-refractivity contribution in [2.24, 2.45) is 5.92 Å². The number of benzene rings is 2. The molecule has 0 spiro atoms. The van der Waals surface area contributed by atoms with Crippen molar-refractivity contribution in [1.82, 2.24) is 15.1 Å². The van der Waals surface area contributed by atoms with Gasteiger partial charge in [-0.1, -0.05) is 50.2 Å². The quantitative estimate of drug-likeness (QED) is 0.238. The Morgan fingerprint density at radius 2 is 1.74 bits per heavy atom. The second kappa shape index (κ2) is 10.4. The lowest BCUT2D eigenvalue weighted by Crippen LogP contribution is -2.44. The van der Waals surface area contributed by atoms with Gasteiger partial charge in [-0.25, -0.2) is 0 Å². The summed E-state index contributed by atoms with van der Waals surface area (Å²) >= 11 is 0. The van der Waals surface area contributed by atoms with E-state index in [-0.39, 0.29) is 37.1 Å². The molecular formula is C27H34N4O7. The minimum absolute atomic E-state index is 0.0952. The van der Waals surface area contributed by atoms with Crippen LogP contribution in [0.15, 0.2) is 48.5 Å². The number of β-amino-alcohol motifs (C(OH)–C–C–N with tert-alkyl or cyclic N) is 2. The lowest BCUT2D eigenvalue weighted by atomic mass is 9.83. The van der Waals surface area contributed by atoms with Crippen molar-refractivity contribution in [3.63, 3.8) is 0 Å². The first-order valence-electron chi connectivity index (χ1n) is 12.5. The summed E-state index contributed by atoms with van der Waals surface area (Å²) in [5.41, 5.74) is -0.746. The molecule has 0 saturated carbocycles. The van der Waals surface area contributed by atoms with Crippen LogP contribution in [0.1, 0.15) is 53.7 Å². The average molecular weight is 527 g/mol. The molecule has 3 atom stereocenters. The lowest BCUT2D eigenvalue weighted by Gasteiger charge is -2.28. The molecule has 2 fully saturated rings. The van der Waals surface area contributed by atoms with Crippen molar-refractivity contribution in [2.75, 3.05) is 13.1 Å². The molecule has 38 heavy (non-hydrogen) atoms. The van der Waals surface area contributed by atoms with Gasteiger partial charge in [-0.05, 0) is 42.0 Å². The molecule has 2 heterocycles. The largest absolute Gasteiger partial charge is 0.388 e. The number of aliphatic hydroxyl groups is 5. The van der Waals surface area contributed by atoms with Gasteiger partial charge in [-0.15, -0.1) is 0 Å². The topological polar surface area (TPSA) is 178 Å². The second-order valence-corrected chi connectivity index (χ2v) is 10.4. The Morgan fingerprint density at radius 3 is 2.32 bits per heavy atom. The molecule has 4 rings (SSSR count). The van der Waals surface area contributed by atoms with E-state index in [1.54, 1.807) is 0 Å². The molecular weight excluding hydrogens is 492 g/mol. The van der Waals surface area contributed by atoms with Gasteiger partial charge in [0.25, 0.3) is 11.8 Å². The number of nitrogens with zero attached hydrogens (tertiary/aromatic N) is 2. The van der Waals surface area contributed by atoms with Gasteiger partial charge in [-0.3, -0.25) is 19.9 Å². The van der Waals surface area contributed by atoms with Gasteiger partial charge in [0.05, 0.1) is 29.9 Å². The van der Waals surface area contributed by atoms with Gasteiger partial charge in [0.15, 0.2) is 5.96 Å². The van der Waals surface area contributed by atoms with Crippen LogP contribution in [-0.2, 0) is 22.9 Å². The maximum atomic E-state index is 13.9. The van der Waals surface area contributed by atoms with Crippen LogP contribution in [0.5, 0.6) is 0 Å². The third-order valence-electron chi connectivity index (χ3n) is 7.14. The fourth-order valence-electron chi connectivity index (χ4n) is 4.99. The summed E-state index contributed by atoms with van der Waals surface area (Å²) in [5, 5.41) is 60.9. The van der Waals surface area contributed by atoms with Crippen LogP contribution in [-0.4, -0.2) is 78.4 Å². The van der Waals surface area contributed by atoms with E-state index in [9.17, 15) is 35.1 Å². The first kappa shape index (κ1) is 27.7. The fraction of sp³-hybridized carbons (Fsp3) is 0.444. The minimum Gasteiger partial charge on any atom is -0.388 e. The molecule has 0 aromatic heterocycles. The number of guanidine groups is 1. The van der Waals surface area contributed by atoms with Crippen molar-refractivity contribution >= 4 is 17.8 Å². The van der Waals surface area contributed by atoms with Crippen LogP contribution >= 0.6 is 0 Å². The molecule has 0 bridgehead atoms. The van der Waals surface area contributed by atoms with Gasteiger partial charge in [0.1, 0.15) is 5.54 Å². The molecule has 2 aliphatic heterocycles. The van der Waals surface area contributed by atoms with E-state index in [4.69, 9.17) is 5.41 Å².